The van der Waals surface area contributed by atoms with Gasteiger partial charge in [-0.15, -0.1) is 0 Å². The number of H-pyrrole nitrogens is 1. The fourth-order valence-corrected chi connectivity index (χ4v) is 3.66. The molecular formula is C11H16N2O5S. The van der Waals surface area contributed by atoms with Gasteiger partial charge in [0.1, 0.15) is 10.6 Å². The third kappa shape index (κ3) is 2.96. The minimum absolute atomic E-state index is 0.0549. The number of aliphatic hydroxyl groups excluding tert-OH is 1. The molecule has 0 aromatic carbocycles. The highest BCUT2D eigenvalue weighted by atomic mass is 32.2. The van der Waals surface area contributed by atoms with E-state index >= 15 is 0 Å². The molecule has 0 bridgehead atoms. The summed E-state index contributed by atoms with van der Waals surface area (Å²) in [5, 5.41) is 17.9. The molecule has 1 aromatic rings. The third-order valence-corrected chi connectivity index (χ3v) is 4.87. The summed E-state index contributed by atoms with van der Waals surface area (Å²) in [5.74, 6) is -1.29. The van der Waals surface area contributed by atoms with E-state index in [2.05, 4.69) is 9.71 Å². The molecule has 0 aliphatic heterocycles. The average Bonchev–Trinajstić information content (AvgIpc) is 2.95. The molecule has 1 aliphatic rings. The molecule has 1 aromatic heterocycles. The molecule has 2 unspecified atom stereocenters. The van der Waals surface area contributed by atoms with E-state index in [1.165, 1.54) is 0 Å². The Labute approximate surface area is 110 Å². The fourth-order valence-electron chi connectivity index (χ4n) is 2.33. The molecule has 0 radical (unpaired) electrons. The van der Waals surface area contributed by atoms with Crippen LogP contribution in [0.3, 0.4) is 0 Å². The Morgan fingerprint density at radius 1 is 1.47 bits per heavy atom. The van der Waals surface area contributed by atoms with Gasteiger partial charge in [-0.1, -0.05) is 6.42 Å². The molecular weight excluding hydrogens is 272 g/mol. The van der Waals surface area contributed by atoms with Crippen LogP contribution in [-0.2, 0) is 10.0 Å². The monoisotopic (exact) mass is 288 g/mol. The predicted octanol–water partition coefficient (Wildman–Crippen LogP) is 0.152. The highest BCUT2D eigenvalue weighted by Crippen LogP contribution is 2.26. The maximum Gasteiger partial charge on any atom is 0.352 e. The molecule has 1 heterocycles. The van der Waals surface area contributed by atoms with Crippen molar-refractivity contribution in [2.45, 2.75) is 30.2 Å². The second-order valence-corrected chi connectivity index (χ2v) is 6.37. The van der Waals surface area contributed by atoms with Crippen LogP contribution in [0.15, 0.2) is 17.2 Å². The molecule has 7 nitrogen and oxygen atoms in total. The van der Waals surface area contributed by atoms with E-state index in [0.29, 0.717) is 6.42 Å². The van der Waals surface area contributed by atoms with E-state index in [0.717, 1.165) is 25.1 Å². The second kappa shape index (κ2) is 5.32. The minimum Gasteiger partial charge on any atom is -0.477 e. The van der Waals surface area contributed by atoms with Gasteiger partial charge in [-0.3, -0.25) is 0 Å². The van der Waals surface area contributed by atoms with Crippen LogP contribution in [0.2, 0.25) is 0 Å². The standard InChI is InChI=1S/C11H16N2O5S/c14-6-7-2-1-3-9(7)13-19(17,18)8-4-10(11(15)16)12-5-8/h4-5,7,9,12-14H,1-3,6H2,(H,15,16). The number of aliphatic hydroxyl groups is 1. The van der Waals surface area contributed by atoms with Gasteiger partial charge < -0.3 is 15.2 Å². The zero-order valence-electron chi connectivity index (χ0n) is 10.2. The Kier molecular flexibility index (Phi) is 3.93. The maximum absolute atomic E-state index is 12.1. The van der Waals surface area contributed by atoms with Crippen molar-refractivity contribution in [1.82, 2.24) is 9.71 Å². The van der Waals surface area contributed by atoms with Gasteiger partial charge in [0.2, 0.25) is 10.0 Å². The molecule has 0 amide bonds. The molecule has 1 fully saturated rings. The van der Waals surface area contributed by atoms with Crippen LogP contribution in [-0.4, -0.2) is 42.2 Å². The molecule has 8 heteroatoms. The van der Waals surface area contributed by atoms with Crippen molar-refractivity contribution >= 4 is 16.0 Å². The normalized spacial score (nSPS) is 23.6. The number of carboxylic acids is 1. The van der Waals surface area contributed by atoms with Gasteiger partial charge in [0, 0.05) is 18.8 Å². The topological polar surface area (TPSA) is 119 Å². The highest BCUT2D eigenvalue weighted by molar-refractivity contribution is 7.89. The Hall–Kier alpha value is -1.38. The van der Waals surface area contributed by atoms with Crippen molar-refractivity contribution in [1.29, 1.82) is 0 Å². The largest absolute Gasteiger partial charge is 0.477 e. The number of hydrogen-bond acceptors (Lipinski definition) is 4. The van der Waals surface area contributed by atoms with Gasteiger partial charge in [-0.2, -0.15) is 0 Å². The Balaban J connectivity index is 2.15. The molecule has 0 saturated heterocycles. The van der Waals surface area contributed by atoms with Crippen LogP contribution < -0.4 is 4.72 Å². The van der Waals surface area contributed by atoms with Gasteiger partial charge in [-0.25, -0.2) is 17.9 Å². The molecule has 2 atom stereocenters. The van der Waals surface area contributed by atoms with E-state index < -0.39 is 16.0 Å². The number of sulfonamides is 1. The quantitative estimate of drug-likeness (QED) is 0.615. The first-order chi connectivity index (χ1) is 8.94. The van der Waals surface area contributed by atoms with Crippen molar-refractivity contribution in [2.75, 3.05) is 6.61 Å². The molecule has 1 saturated carbocycles. The average molecular weight is 288 g/mol. The summed E-state index contributed by atoms with van der Waals surface area (Å²) in [6.07, 6.45) is 3.48. The van der Waals surface area contributed by atoms with Gasteiger partial charge in [0.15, 0.2) is 0 Å². The van der Waals surface area contributed by atoms with Crippen molar-refractivity contribution in [2.24, 2.45) is 5.92 Å². The second-order valence-electron chi connectivity index (χ2n) is 4.66. The summed E-state index contributed by atoms with van der Waals surface area (Å²) in [5.41, 5.74) is -0.175. The number of nitrogens with one attached hydrogen (secondary N) is 2. The molecule has 1 aliphatic carbocycles. The first-order valence-electron chi connectivity index (χ1n) is 5.99. The van der Waals surface area contributed by atoms with Crippen molar-refractivity contribution < 1.29 is 23.4 Å². The van der Waals surface area contributed by atoms with Crippen molar-refractivity contribution in [3.8, 4) is 0 Å². The van der Waals surface area contributed by atoms with E-state index in [1.54, 1.807) is 0 Å². The maximum atomic E-state index is 12.1. The molecule has 2 rings (SSSR count). The molecule has 106 valence electrons. The Morgan fingerprint density at radius 3 is 2.79 bits per heavy atom. The zero-order valence-corrected chi connectivity index (χ0v) is 11.0. The van der Waals surface area contributed by atoms with Gasteiger partial charge in [0.05, 0.1) is 0 Å². The van der Waals surface area contributed by atoms with Crippen LogP contribution in [0, 0.1) is 5.92 Å². The lowest BCUT2D eigenvalue weighted by molar-refractivity contribution is 0.0691. The summed E-state index contributed by atoms with van der Waals surface area (Å²) in [6, 6.07) is 0.784. The van der Waals surface area contributed by atoms with Crippen LogP contribution in [0.5, 0.6) is 0 Å². The van der Waals surface area contributed by atoms with Crippen molar-refractivity contribution in [3.05, 3.63) is 18.0 Å². The van der Waals surface area contributed by atoms with Gasteiger partial charge in [-0.05, 0) is 24.8 Å². The number of hydrogen-bond donors (Lipinski definition) is 4. The summed E-state index contributed by atoms with van der Waals surface area (Å²) >= 11 is 0. The summed E-state index contributed by atoms with van der Waals surface area (Å²) < 4.78 is 26.7. The molecule has 19 heavy (non-hydrogen) atoms. The first kappa shape index (κ1) is 14.0. The van der Waals surface area contributed by atoms with Crippen LogP contribution in [0.4, 0.5) is 0 Å². The number of carboxylic acid groups (broad SMARTS) is 1. The lowest BCUT2D eigenvalue weighted by atomic mass is 10.1. The van der Waals surface area contributed by atoms with Crippen LogP contribution in [0.1, 0.15) is 29.8 Å². The van der Waals surface area contributed by atoms with Crippen LogP contribution in [0.25, 0.3) is 0 Å². The number of carbonyl (C=O) groups is 1. The highest BCUT2D eigenvalue weighted by Gasteiger charge is 2.31. The Bertz CT molecular complexity index is 565. The van der Waals surface area contributed by atoms with Gasteiger partial charge in [0.25, 0.3) is 0 Å². The van der Waals surface area contributed by atoms with E-state index in [1.807, 2.05) is 0 Å². The van der Waals surface area contributed by atoms with E-state index in [4.69, 9.17) is 10.2 Å². The first-order valence-corrected chi connectivity index (χ1v) is 7.47. The SMILES string of the molecule is O=C(O)c1cc(S(=O)(=O)NC2CCCC2CO)c[nH]1. The molecule has 4 N–H and O–H groups in total. The Morgan fingerprint density at radius 2 is 2.21 bits per heavy atom. The number of aromatic nitrogens is 1. The smallest absolute Gasteiger partial charge is 0.352 e. The number of aromatic amines is 1. The zero-order chi connectivity index (χ0) is 14.0. The summed E-state index contributed by atoms with van der Waals surface area (Å²) in [6.45, 7) is -0.0549. The fraction of sp³-hybridized carbons (Fsp3) is 0.545. The van der Waals surface area contributed by atoms with Crippen molar-refractivity contribution in [3.63, 3.8) is 0 Å². The van der Waals surface area contributed by atoms with Crippen LogP contribution >= 0.6 is 0 Å². The number of aromatic carboxylic acids is 1. The predicted molar refractivity (Wildman–Crippen MR) is 66.3 cm³/mol. The van der Waals surface area contributed by atoms with E-state index in [-0.39, 0.29) is 29.2 Å². The summed E-state index contributed by atoms with van der Waals surface area (Å²) in [4.78, 5) is 13.0. The molecule has 0 spiro atoms. The lowest BCUT2D eigenvalue weighted by Crippen LogP contribution is -2.38. The minimum atomic E-state index is -3.76. The van der Waals surface area contributed by atoms with E-state index in [9.17, 15) is 13.2 Å². The lowest BCUT2D eigenvalue weighted by Gasteiger charge is -2.18. The third-order valence-electron chi connectivity index (χ3n) is 3.40. The van der Waals surface area contributed by atoms with Gasteiger partial charge >= 0.3 is 5.97 Å². The number of rotatable bonds is 5. The summed E-state index contributed by atoms with van der Waals surface area (Å²) in [7, 11) is -3.76.